The van der Waals surface area contributed by atoms with Crippen LogP contribution in [0.15, 0.2) is 4.52 Å². The minimum absolute atomic E-state index is 0.00246. The fraction of sp³-hybridized carbons (Fsp3) is 0.786. The lowest BCUT2D eigenvalue weighted by Gasteiger charge is -2.15. The SMILES string of the molecule is CC(C(=O)NC1CCS(=O)(=O)C1)S(=O)(=O)Cc1noc(C(C)(C)C)n1. The van der Waals surface area contributed by atoms with Crippen LogP contribution < -0.4 is 5.32 Å². The first-order valence-corrected chi connectivity index (χ1v) is 11.4. The molecular weight excluding hydrogens is 370 g/mol. The van der Waals surface area contributed by atoms with Crippen molar-refractivity contribution in [1.29, 1.82) is 0 Å². The van der Waals surface area contributed by atoms with Crippen LogP contribution in [0.2, 0.25) is 0 Å². The predicted octanol–water partition coefficient (Wildman–Crippen LogP) is -0.0263. The molecule has 1 aliphatic rings. The lowest BCUT2D eigenvalue weighted by atomic mass is 9.97. The van der Waals surface area contributed by atoms with Crippen molar-refractivity contribution in [2.75, 3.05) is 11.5 Å². The summed E-state index contributed by atoms with van der Waals surface area (Å²) in [6, 6.07) is -0.548. The summed E-state index contributed by atoms with van der Waals surface area (Å²) in [6.07, 6.45) is 0.292. The molecule has 0 aliphatic carbocycles. The fourth-order valence-corrected chi connectivity index (χ4v) is 5.11. The molecule has 0 bridgehead atoms. The molecular formula is C14H23N3O6S2. The van der Waals surface area contributed by atoms with Crippen LogP contribution in [0, 0.1) is 0 Å². The van der Waals surface area contributed by atoms with Gasteiger partial charge in [-0.05, 0) is 13.3 Å². The molecule has 1 aliphatic heterocycles. The topological polar surface area (TPSA) is 136 Å². The van der Waals surface area contributed by atoms with Crippen molar-refractivity contribution in [3.8, 4) is 0 Å². The van der Waals surface area contributed by atoms with E-state index in [1.807, 2.05) is 20.8 Å². The number of hydrogen-bond acceptors (Lipinski definition) is 8. The van der Waals surface area contributed by atoms with Crippen molar-refractivity contribution in [3.05, 3.63) is 11.7 Å². The van der Waals surface area contributed by atoms with Crippen LogP contribution in [0.25, 0.3) is 0 Å². The van der Waals surface area contributed by atoms with E-state index in [-0.39, 0.29) is 17.3 Å². The van der Waals surface area contributed by atoms with E-state index in [4.69, 9.17) is 4.52 Å². The molecule has 1 aromatic heterocycles. The molecule has 9 nitrogen and oxygen atoms in total. The number of aromatic nitrogens is 2. The van der Waals surface area contributed by atoms with Gasteiger partial charge in [0.25, 0.3) is 0 Å². The van der Waals surface area contributed by atoms with Gasteiger partial charge in [0, 0.05) is 11.5 Å². The molecule has 1 N–H and O–H groups in total. The maximum absolute atomic E-state index is 12.4. The van der Waals surface area contributed by atoms with Crippen molar-refractivity contribution < 1.29 is 26.2 Å². The summed E-state index contributed by atoms with van der Waals surface area (Å²) < 4.78 is 52.7. The second-order valence-electron chi connectivity index (χ2n) is 7.32. The van der Waals surface area contributed by atoms with E-state index in [1.54, 1.807) is 0 Å². The highest BCUT2D eigenvalue weighted by Gasteiger charge is 2.35. The molecule has 25 heavy (non-hydrogen) atoms. The quantitative estimate of drug-likeness (QED) is 0.736. The molecule has 1 amide bonds. The second-order valence-corrected chi connectivity index (χ2v) is 11.9. The highest BCUT2D eigenvalue weighted by molar-refractivity contribution is 7.92. The van der Waals surface area contributed by atoms with Gasteiger partial charge in [-0.15, -0.1) is 0 Å². The summed E-state index contributed by atoms with van der Waals surface area (Å²) in [5.74, 6) is -1.10. The minimum Gasteiger partial charge on any atom is -0.351 e. The molecule has 1 aromatic rings. The molecule has 2 atom stereocenters. The predicted molar refractivity (Wildman–Crippen MR) is 90.3 cm³/mol. The Labute approximate surface area is 147 Å². The normalized spacial score (nSPS) is 21.8. The number of nitrogens with zero attached hydrogens (tertiary/aromatic N) is 2. The smallest absolute Gasteiger partial charge is 0.238 e. The third-order valence-electron chi connectivity index (χ3n) is 3.93. The Morgan fingerprint density at radius 1 is 1.40 bits per heavy atom. The van der Waals surface area contributed by atoms with Gasteiger partial charge in [-0.2, -0.15) is 4.98 Å². The van der Waals surface area contributed by atoms with E-state index < -0.39 is 48.0 Å². The van der Waals surface area contributed by atoms with E-state index in [2.05, 4.69) is 15.5 Å². The zero-order valence-electron chi connectivity index (χ0n) is 14.6. The summed E-state index contributed by atoms with van der Waals surface area (Å²) in [6.45, 7) is 6.82. The molecule has 1 fully saturated rings. The van der Waals surface area contributed by atoms with Gasteiger partial charge in [0.05, 0.1) is 11.5 Å². The van der Waals surface area contributed by atoms with Gasteiger partial charge >= 0.3 is 0 Å². The van der Waals surface area contributed by atoms with Gasteiger partial charge in [0.15, 0.2) is 25.5 Å². The Kier molecular flexibility index (Phi) is 5.29. The third-order valence-corrected chi connectivity index (χ3v) is 7.65. The van der Waals surface area contributed by atoms with Gasteiger partial charge in [0.2, 0.25) is 11.8 Å². The van der Waals surface area contributed by atoms with Crippen LogP contribution >= 0.6 is 0 Å². The van der Waals surface area contributed by atoms with E-state index in [9.17, 15) is 21.6 Å². The third kappa shape index (κ3) is 5.00. The molecule has 0 saturated carbocycles. The molecule has 2 heterocycles. The maximum atomic E-state index is 12.4. The van der Waals surface area contributed by atoms with Gasteiger partial charge < -0.3 is 9.84 Å². The average molecular weight is 393 g/mol. The van der Waals surface area contributed by atoms with Gasteiger partial charge in [-0.1, -0.05) is 25.9 Å². The Balaban J connectivity index is 2.03. The standard InChI is InChI=1S/C14H23N3O6S2/c1-9(12(18)15-10-5-6-24(19,20)7-10)25(21,22)8-11-16-13(23-17-11)14(2,3)4/h9-10H,5-8H2,1-4H3,(H,15,18). The van der Waals surface area contributed by atoms with E-state index in [1.165, 1.54) is 6.92 Å². The summed E-state index contributed by atoms with van der Waals surface area (Å²) in [5.41, 5.74) is -0.411. The zero-order valence-corrected chi connectivity index (χ0v) is 16.3. The Morgan fingerprint density at radius 2 is 2.04 bits per heavy atom. The number of carbonyl (C=O) groups excluding carboxylic acids is 1. The van der Waals surface area contributed by atoms with Gasteiger partial charge in [-0.3, -0.25) is 4.79 Å². The Morgan fingerprint density at radius 3 is 2.52 bits per heavy atom. The number of rotatable bonds is 5. The van der Waals surface area contributed by atoms with E-state index in [0.29, 0.717) is 12.3 Å². The number of carbonyl (C=O) groups is 1. The van der Waals surface area contributed by atoms with Crippen LogP contribution in [0.1, 0.15) is 45.8 Å². The first-order valence-electron chi connectivity index (χ1n) is 7.85. The lowest BCUT2D eigenvalue weighted by molar-refractivity contribution is -0.120. The Bertz CT molecular complexity index is 851. The first kappa shape index (κ1) is 19.8. The zero-order chi connectivity index (χ0) is 19.0. The highest BCUT2D eigenvalue weighted by Crippen LogP contribution is 2.21. The van der Waals surface area contributed by atoms with Crippen molar-refractivity contribution in [3.63, 3.8) is 0 Å². The van der Waals surface area contributed by atoms with Gasteiger partial charge in [-0.25, -0.2) is 16.8 Å². The number of nitrogens with one attached hydrogen (secondary N) is 1. The largest absolute Gasteiger partial charge is 0.351 e. The molecule has 2 rings (SSSR count). The number of amides is 1. The van der Waals surface area contributed by atoms with Crippen molar-refractivity contribution in [1.82, 2.24) is 15.5 Å². The molecule has 1 saturated heterocycles. The number of sulfone groups is 2. The van der Waals surface area contributed by atoms with Crippen molar-refractivity contribution >= 4 is 25.6 Å². The summed E-state index contributed by atoms with van der Waals surface area (Å²) >= 11 is 0. The van der Waals surface area contributed by atoms with Crippen molar-refractivity contribution in [2.24, 2.45) is 0 Å². The first-order chi connectivity index (χ1) is 11.3. The number of hydrogen-bond donors (Lipinski definition) is 1. The van der Waals surface area contributed by atoms with Crippen LogP contribution in [-0.2, 0) is 35.6 Å². The maximum Gasteiger partial charge on any atom is 0.238 e. The second kappa shape index (κ2) is 6.67. The molecule has 2 unspecified atom stereocenters. The molecule has 0 spiro atoms. The van der Waals surface area contributed by atoms with Crippen LogP contribution in [0.5, 0.6) is 0 Å². The molecule has 0 aromatic carbocycles. The highest BCUT2D eigenvalue weighted by atomic mass is 32.2. The summed E-state index contributed by atoms with van der Waals surface area (Å²) in [4.78, 5) is 16.2. The monoisotopic (exact) mass is 393 g/mol. The van der Waals surface area contributed by atoms with Crippen LogP contribution in [0.3, 0.4) is 0 Å². The lowest BCUT2D eigenvalue weighted by Crippen LogP contribution is -2.44. The summed E-state index contributed by atoms with van der Waals surface area (Å²) in [5, 5.41) is 4.81. The van der Waals surface area contributed by atoms with Crippen molar-refractivity contribution in [2.45, 2.75) is 56.6 Å². The van der Waals surface area contributed by atoms with E-state index >= 15 is 0 Å². The van der Waals surface area contributed by atoms with E-state index in [0.717, 1.165) is 0 Å². The summed E-state index contributed by atoms with van der Waals surface area (Å²) in [7, 11) is -7.02. The van der Waals surface area contributed by atoms with Crippen LogP contribution in [-0.4, -0.2) is 55.7 Å². The minimum atomic E-state index is -3.86. The molecule has 0 radical (unpaired) electrons. The van der Waals surface area contributed by atoms with Crippen LogP contribution in [0.4, 0.5) is 0 Å². The Hall–Kier alpha value is -1.49. The van der Waals surface area contributed by atoms with Gasteiger partial charge in [0.1, 0.15) is 11.0 Å². The molecule has 11 heteroatoms. The average Bonchev–Trinajstić information content (AvgIpc) is 3.03. The molecule has 142 valence electrons. The fourth-order valence-electron chi connectivity index (χ4n) is 2.31.